The minimum Gasteiger partial charge on any atom is -0.493 e. The molecule has 11 heteroatoms. The molecule has 0 radical (unpaired) electrons. The van der Waals surface area contributed by atoms with Crippen LogP contribution < -0.4 is 30.2 Å². The van der Waals surface area contributed by atoms with Crippen molar-refractivity contribution in [1.29, 1.82) is 0 Å². The van der Waals surface area contributed by atoms with E-state index in [1.165, 1.54) is 21.3 Å². The van der Waals surface area contributed by atoms with Crippen molar-refractivity contribution in [2.24, 2.45) is 5.92 Å². The van der Waals surface area contributed by atoms with Crippen LogP contribution >= 0.6 is 0 Å². The van der Waals surface area contributed by atoms with Crippen LogP contribution in [-0.4, -0.2) is 68.3 Å². The maximum Gasteiger partial charge on any atom is 0.475 e. The Morgan fingerprint density at radius 3 is 1.98 bits per heavy atom. The molecular formula is C32H42BN3O7. The lowest BCUT2D eigenvalue weighted by atomic mass is 9.75. The largest absolute Gasteiger partial charge is 0.493 e. The summed E-state index contributed by atoms with van der Waals surface area (Å²) >= 11 is 0. The highest BCUT2D eigenvalue weighted by Crippen LogP contribution is 2.38. The summed E-state index contributed by atoms with van der Waals surface area (Å²) in [4.78, 5) is 26.6. The summed E-state index contributed by atoms with van der Waals surface area (Å²) in [6.45, 7) is 5.38. The van der Waals surface area contributed by atoms with Crippen LogP contribution in [0.5, 0.6) is 17.2 Å². The second-order valence-corrected chi connectivity index (χ2v) is 10.8. The van der Waals surface area contributed by atoms with Crippen LogP contribution in [0, 0.1) is 5.92 Å². The van der Waals surface area contributed by atoms with Gasteiger partial charge in [-0.15, -0.1) is 0 Å². The van der Waals surface area contributed by atoms with Crippen molar-refractivity contribution in [2.75, 3.05) is 26.6 Å². The number of benzene rings is 3. The van der Waals surface area contributed by atoms with Gasteiger partial charge in [-0.05, 0) is 60.2 Å². The molecule has 0 saturated carbocycles. The van der Waals surface area contributed by atoms with E-state index in [1.807, 2.05) is 68.4 Å². The molecule has 3 aromatic rings. The fraction of sp³-hybridized carbons (Fsp3) is 0.375. The van der Waals surface area contributed by atoms with E-state index in [9.17, 15) is 19.6 Å². The van der Waals surface area contributed by atoms with Crippen LogP contribution in [0.15, 0.2) is 66.7 Å². The van der Waals surface area contributed by atoms with Crippen LogP contribution in [0.1, 0.15) is 32.8 Å². The monoisotopic (exact) mass is 591 g/mol. The highest BCUT2D eigenvalue weighted by atomic mass is 16.5. The van der Waals surface area contributed by atoms with Crippen LogP contribution in [0.2, 0.25) is 0 Å². The fourth-order valence-corrected chi connectivity index (χ4v) is 4.77. The predicted octanol–water partition coefficient (Wildman–Crippen LogP) is 3.45. The zero-order chi connectivity index (χ0) is 31.5. The molecule has 0 aliphatic rings. The lowest BCUT2D eigenvalue weighted by Crippen LogP contribution is -2.55. The second-order valence-electron chi connectivity index (χ2n) is 10.8. The summed E-state index contributed by atoms with van der Waals surface area (Å²) in [5.74, 6) is -0.347. The Balaban J connectivity index is 1.89. The van der Waals surface area contributed by atoms with Crippen LogP contribution in [0.4, 0.5) is 5.69 Å². The van der Waals surface area contributed by atoms with E-state index in [0.29, 0.717) is 29.4 Å². The van der Waals surface area contributed by atoms with Crippen molar-refractivity contribution in [3.05, 3.63) is 72.3 Å². The number of carbonyl (C=O) groups excluding carboxylic acids is 2. The van der Waals surface area contributed by atoms with E-state index in [4.69, 9.17) is 14.2 Å². The van der Waals surface area contributed by atoms with Gasteiger partial charge in [-0.1, -0.05) is 56.3 Å². The Morgan fingerprint density at radius 2 is 1.42 bits per heavy atom. The van der Waals surface area contributed by atoms with E-state index < -0.39 is 37.0 Å². The molecule has 0 fully saturated rings. The minimum atomic E-state index is -1.72. The molecule has 0 heterocycles. The van der Waals surface area contributed by atoms with Crippen molar-refractivity contribution in [1.82, 2.24) is 10.6 Å². The Kier molecular flexibility index (Phi) is 12.3. The molecule has 0 aliphatic heterocycles. The highest BCUT2D eigenvalue weighted by molar-refractivity contribution is 6.43. The highest BCUT2D eigenvalue weighted by Gasteiger charge is 2.30. The van der Waals surface area contributed by atoms with Gasteiger partial charge in [0.25, 0.3) is 0 Å². The predicted molar refractivity (Wildman–Crippen MR) is 168 cm³/mol. The molecule has 230 valence electrons. The van der Waals surface area contributed by atoms with Crippen LogP contribution in [0.25, 0.3) is 11.1 Å². The quantitative estimate of drug-likeness (QED) is 0.170. The first-order chi connectivity index (χ1) is 20.6. The summed E-state index contributed by atoms with van der Waals surface area (Å²) in [7, 11) is 2.84. The molecule has 43 heavy (non-hydrogen) atoms. The van der Waals surface area contributed by atoms with Gasteiger partial charge in [0.2, 0.25) is 17.6 Å². The summed E-state index contributed by atoms with van der Waals surface area (Å²) in [6, 6.07) is 19.4. The molecule has 0 unspecified atom stereocenters. The number of methoxy groups -OCH3 is 3. The van der Waals surface area contributed by atoms with Gasteiger partial charge in [0, 0.05) is 12.1 Å². The van der Waals surface area contributed by atoms with Crippen molar-refractivity contribution in [3.63, 3.8) is 0 Å². The third-order valence-electron chi connectivity index (χ3n) is 6.96. The summed E-state index contributed by atoms with van der Waals surface area (Å²) < 4.78 is 16.5. The van der Waals surface area contributed by atoms with Gasteiger partial charge < -0.3 is 40.2 Å². The summed E-state index contributed by atoms with van der Waals surface area (Å²) in [5, 5.41) is 28.2. The first kappa shape index (κ1) is 33.3. The molecule has 2 amide bonds. The van der Waals surface area contributed by atoms with E-state index >= 15 is 0 Å². The Morgan fingerprint density at radius 1 is 0.791 bits per heavy atom. The molecular weight excluding hydrogens is 549 g/mol. The lowest BCUT2D eigenvalue weighted by Gasteiger charge is -2.25. The minimum absolute atomic E-state index is 0.121. The number of amides is 2. The fourth-order valence-electron chi connectivity index (χ4n) is 4.77. The Bertz CT molecular complexity index is 1330. The SMILES string of the molecule is COc1cc(C[C@H](Nc2cccc(-c3ccccc3)c2)C(=O)N[C@@H](C)C(=O)N[C@@H](CC(C)C)B(O)O)cc(OC)c1OC. The molecule has 3 aromatic carbocycles. The number of nitrogens with one attached hydrogen (secondary N) is 3. The van der Waals surface area contributed by atoms with Crippen molar-refractivity contribution in [2.45, 2.75) is 51.6 Å². The Labute approximate surface area is 253 Å². The lowest BCUT2D eigenvalue weighted by molar-refractivity contribution is -0.129. The van der Waals surface area contributed by atoms with Gasteiger partial charge in [-0.25, -0.2) is 0 Å². The number of hydrogen-bond acceptors (Lipinski definition) is 8. The Hall–Kier alpha value is -4.22. The van der Waals surface area contributed by atoms with Gasteiger partial charge in [-0.2, -0.15) is 0 Å². The average Bonchev–Trinajstić information content (AvgIpc) is 2.99. The van der Waals surface area contributed by atoms with Gasteiger partial charge in [0.15, 0.2) is 11.5 Å². The number of ether oxygens (including phenoxy) is 3. The summed E-state index contributed by atoms with van der Waals surface area (Å²) in [6.07, 6.45) is 0.588. The van der Waals surface area contributed by atoms with Gasteiger partial charge >= 0.3 is 7.12 Å². The van der Waals surface area contributed by atoms with E-state index in [2.05, 4.69) is 16.0 Å². The third kappa shape index (κ3) is 9.39. The molecule has 0 spiro atoms. The normalized spacial score (nSPS) is 13.0. The third-order valence-corrected chi connectivity index (χ3v) is 6.96. The van der Waals surface area contributed by atoms with Crippen molar-refractivity contribution < 1.29 is 33.8 Å². The van der Waals surface area contributed by atoms with Crippen molar-refractivity contribution in [3.8, 4) is 28.4 Å². The maximum absolute atomic E-state index is 13.7. The van der Waals surface area contributed by atoms with Crippen LogP contribution in [-0.2, 0) is 16.0 Å². The second kappa shape index (κ2) is 15.9. The zero-order valence-corrected chi connectivity index (χ0v) is 25.6. The summed E-state index contributed by atoms with van der Waals surface area (Å²) in [5.41, 5.74) is 3.46. The van der Waals surface area contributed by atoms with E-state index in [-0.39, 0.29) is 12.3 Å². The molecule has 0 aromatic heterocycles. The number of carbonyl (C=O) groups is 2. The average molecular weight is 592 g/mol. The standard InChI is InChI=1S/C32H42BN3O7/c1-20(2)15-29(33(39)40)36-31(37)21(3)34-32(38)26(16-22-17-27(41-4)30(43-6)28(18-22)42-5)35-25-14-10-13-24(19-25)23-11-8-7-9-12-23/h7-14,17-21,26,29,35,39-40H,15-16H2,1-6H3,(H,34,38)(H,36,37)/t21-,26-,29-/m0/s1. The molecule has 0 bridgehead atoms. The molecule has 3 atom stereocenters. The van der Waals surface area contributed by atoms with Crippen LogP contribution in [0.3, 0.4) is 0 Å². The molecule has 10 nitrogen and oxygen atoms in total. The van der Waals surface area contributed by atoms with Crippen molar-refractivity contribution >= 4 is 24.6 Å². The molecule has 0 saturated heterocycles. The molecule has 5 N–H and O–H groups in total. The van der Waals surface area contributed by atoms with Gasteiger partial charge in [0.05, 0.1) is 27.3 Å². The number of hydrogen-bond donors (Lipinski definition) is 5. The van der Waals surface area contributed by atoms with Gasteiger partial charge in [-0.3, -0.25) is 9.59 Å². The number of anilines is 1. The van der Waals surface area contributed by atoms with E-state index in [1.54, 1.807) is 19.1 Å². The smallest absolute Gasteiger partial charge is 0.475 e. The van der Waals surface area contributed by atoms with Gasteiger partial charge in [0.1, 0.15) is 12.1 Å². The molecule has 3 rings (SSSR count). The zero-order valence-electron chi connectivity index (χ0n) is 25.6. The maximum atomic E-state index is 13.7. The number of rotatable bonds is 15. The topological polar surface area (TPSA) is 138 Å². The molecule has 0 aliphatic carbocycles. The first-order valence-corrected chi connectivity index (χ1v) is 14.2. The van der Waals surface area contributed by atoms with E-state index in [0.717, 1.165) is 16.7 Å². The first-order valence-electron chi connectivity index (χ1n) is 14.2.